The first-order valence-corrected chi connectivity index (χ1v) is 5.98. The van der Waals surface area contributed by atoms with Crippen LogP contribution < -0.4 is 5.32 Å². The molecule has 0 saturated heterocycles. The first-order valence-electron chi connectivity index (χ1n) is 4.83. The molecule has 1 N–H and O–H groups in total. The van der Waals surface area contributed by atoms with Crippen LogP contribution in [0.2, 0.25) is 5.02 Å². The summed E-state index contributed by atoms with van der Waals surface area (Å²) in [6.45, 7) is 4.14. The largest absolute Gasteiger partial charge is 0.351 e. The van der Waals surface area contributed by atoms with Gasteiger partial charge in [0.05, 0.1) is 16.8 Å². The number of aryl methyl sites for hydroxylation is 1. The molecule has 16 heavy (non-hydrogen) atoms. The van der Waals surface area contributed by atoms with E-state index in [1.807, 2.05) is 6.92 Å². The third-order valence-electron chi connectivity index (χ3n) is 2.05. The standard InChI is InChI=1S/C10H12ClN3OS/c1-6(3-4-12)5-13-10(15)9-8(11)7(2)14-16-9/h6H,3,5H2,1-2H3,(H,13,15). The molecule has 1 amide bonds. The predicted molar refractivity (Wildman–Crippen MR) is 63.6 cm³/mol. The Hall–Kier alpha value is -1.12. The highest BCUT2D eigenvalue weighted by atomic mass is 35.5. The maximum Gasteiger partial charge on any atom is 0.264 e. The Bertz CT molecular complexity index is 424. The van der Waals surface area contributed by atoms with Gasteiger partial charge in [-0.05, 0) is 24.4 Å². The molecule has 0 saturated carbocycles. The van der Waals surface area contributed by atoms with Crippen LogP contribution in [0.3, 0.4) is 0 Å². The number of aromatic nitrogens is 1. The zero-order valence-electron chi connectivity index (χ0n) is 9.08. The average molecular weight is 258 g/mol. The number of carbonyl (C=O) groups excluding carboxylic acids is 1. The summed E-state index contributed by atoms with van der Waals surface area (Å²) in [5, 5.41) is 11.6. The molecular weight excluding hydrogens is 246 g/mol. The van der Waals surface area contributed by atoms with Crippen LogP contribution in [0.4, 0.5) is 0 Å². The fourth-order valence-corrected chi connectivity index (χ4v) is 2.06. The van der Waals surface area contributed by atoms with Crippen molar-refractivity contribution in [3.63, 3.8) is 0 Å². The van der Waals surface area contributed by atoms with Crippen molar-refractivity contribution < 1.29 is 4.79 Å². The fraction of sp³-hybridized carbons (Fsp3) is 0.500. The lowest BCUT2D eigenvalue weighted by Crippen LogP contribution is -2.27. The van der Waals surface area contributed by atoms with Gasteiger partial charge in [-0.1, -0.05) is 18.5 Å². The maximum absolute atomic E-state index is 11.7. The molecule has 0 aliphatic rings. The third kappa shape index (κ3) is 3.19. The topological polar surface area (TPSA) is 65.8 Å². The van der Waals surface area contributed by atoms with Crippen molar-refractivity contribution in [2.75, 3.05) is 6.54 Å². The number of carbonyl (C=O) groups is 1. The monoisotopic (exact) mass is 257 g/mol. The Morgan fingerprint density at radius 3 is 2.94 bits per heavy atom. The van der Waals surface area contributed by atoms with Gasteiger partial charge in [-0.25, -0.2) is 0 Å². The van der Waals surface area contributed by atoms with Gasteiger partial charge >= 0.3 is 0 Å². The van der Waals surface area contributed by atoms with E-state index in [9.17, 15) is 4.79 Å². The van der Waals surface area contributed by atoms with Crippen LogP contribution in [-0.2, 0) is 0 Å². The van der Waals surface area contributed by atoms with E-state index < -0.39 is 0 Å². The number of rotatable bonds is 4. The molecule has 0 aromatic carbocycles. The highest BCUT2D eigenvalue weighted by Crippen LogP contribution is 2.23. The van der Waals surface area contributed by atoms with Crippen molar-refractivity contribution in [2.45, 2.75) is 20.3 Å². The van der Waals surface area contributed by atoms with Gasteiger partial charge in [0, 0.05) is 13.0 Å². The number of hydrogen-bond donors (Lipinski definition) is 1. The van der Waals surface area contributed by atoms with Gasteiger partial charge in [0.25, 0.3) is 5.91 Å². The smallest absolute Gasteiger partial charge is 0.264 e. The van der Waals surface area contributed by atoms with Gasteiger partial charge in [0.1, 0.15) is 4.88 Å². The molecule has 0 aliphatic heterocycles. The van der Waals surface area contributed by atoms with Gasteiger partial charge in [-0.15, -0.1) is 0 Å². The van der Waals surface area contributed by atoms with Crippen molar-refractivity contribution in [1.29, 1.82) is 5.26 Å². The van der Waals surface area contributed by atoms with Crippen LogP contribution in [0.5, 0.6) is 0 Å². The van der Waals surface area contributed by atoms with E-state index in [1.165, 1.54) is 0 Å². The van der Waals surface area contributed by atoms with Crippen LogP contribution in [0.1, 0.15) is 28.7 Å². The molecule has 0 aliphatic carbocycles. The van der Waals surface area contributed by atoms with E-state index in [2.05, 4.69) is 15.8 Å². The van der Waals surface area contributed by atoms with Gasteiger partial charge in [-0.2, -0.15) is 9.64 Å². The minimum absolute atomic E-state index is 0.141. The van der Waals surface area contributed by atoms with Gasteiger partial charge in [0.2, 0.25) is 0 Å². The van der Waals surface area contributed by atoms with Crippen molar-refractivity contribution in [3.05, 3.63) is 15.6 Å². The van der Waals surface area contributed by atoms with Crippen molar-refractivity contribution in [1.82, 2.24) is 9.69 Å². The highest BCUT2D eigenvalue weighted by molar-refractivity contribution is 7.08. The van der Waals surface area contributed by atoms with Crippen LogP contribution in [0, 0.1) is 24.2 Å². The van der Waals surface area contributed by atoms with E-state index in [0.717, 1.165) is 11.5 Å². The summed E-state index contributed by atoms with van der Waals surface area (Å²) < 4.78 is 4.00. The molecule has 86 valence electrons. The SMILES string of the molecule is Cc1nsc(C(=O)NCC(C)CC#N)c1Cl. The minimum Gasteiger partial charge on any atom is -0.351 e. The summed E-state index contributed by atoms with van der Waals surface area (Å²) in [5.41, 5.74) is 0.668. The van der Waals surface area contributed by atoms with E-state index in [1.54, 1.807) is 6.92 Å². The van der Waals surface area contributed by atoms with E-state index in [0.29, 0.717) is 28.6 Å². The lowest BCUT2D eigenvalue weighted by molar-refractivity contribution is 0.0952. The molecule has 1 unspecified atom stereocenters. The molecule has 0 fully saturated rings. The lowest BCUT2D eigenvalue weighted by atomic mass is 10.1. The summed E-state index contributed by atoms with van der Waals surface area (Å²) in [6, 6.07) is 2.06. The Kier molecular flexibility index (Phi) is 4.71. The average Bonchev–Trinajstić information content (AvgIpc) is 2.57. The molecule has 1 aromatic rings. The quantitative estimate of drug-likeness (QED) is 0.901. The Labute approximate surface area is 103 Å². The third-order valence-corrected chi connectivity index (χ3v) is 3.56. The number of nitriles is 1. The molecule has 0 bridgehead atoms. The highest BCUT2D eigenvalue weighted by Gasteiger charge is 2.16. The van der Waals surface area contributed by atoms with Crippen LogP contribution in [-0.4, -0.2) is 16.8 Å². The number of amides is 1. The molecule has 1 aromatic heterocycles. The van der Waals surface area contributed by atoms with Crippen molar-refractivity contribution >= 4 is 29.0 Å². The number of halogens is 1. The molecule has 1 rings (SSSR count). The molecule has 1 atom stereocenters. The molecule has 0 spiro atoms. The number of nitrogens with one attached hydrogen (secondary N) is 1. The second kappa shape index (κ2) is 5.83. The maximum atomic E-state index is 11.7. The van der Waals surface area contributed by atoms with Crippen molar-refractivity contribution in [3.8, 4) is 6.07 Å². The summed E-state index contributed by atoms with van der Waals surface area (Å²) >= 11 is 7.01. The summed E-state index contributed by atoms with van der Waals surface area (Å²) in [4.78, 5) is 12.1. The number of nitrogens with zero attached hydrogens (tertiary/aromatic N) is 2. The first-order chi connectivity index (χ1) is 7.56. The normalized spacial score (nSPS) is 11.9. The Balaban J connectivity index is 2.54. The minimum atomic E-state index is -0.222. The molecule has 6 heteroatoms. The first kappa shape index (κ1) is 12.9. The van der Waals surface area contributed by atoms with E-state index in [-0.39, 0.29) is 11.8 Å². The Morgan fingerprint density at radius 1 is 1.75 bits per heavy atom. The zero-order valence-corrected chi connectivity index (χ0v) is 10.7. The molecule has 1 heterocycles. The van der Waals surface area contributed by atoms with Crippen LogP contribution in [0.15, 0.2) is 0 Å². The second-order valence-electron chi connectivity index (χ2n) is 3.59. The summed E-state index contributed by atoms with van der Waals surface area (Å²) in [5.74, 6) is -0.0814. The van der Waals surface area contributed by atoms with Gasteiger partial charge < -0.3 is 5.32 Å². The van der Waals surface area contributed by atoms with Gasteiger partial charge in [-0.3, -0.25) is 4.79 Å². The van der Waals surface area contributed by atoms with Crippen molar-refractivity contribution in [2.24, 2.45) is 5.92 Å². The Morgan fingerprint density at radius 2 is 2.44 bits per heavy atom. The second-order valence-corrected chi connectivity index (χ2v) is 4.74. The van der Waals surface area contributed by atoms with Crippen LogP contribution in [0.25, 0.3) is 0 Å². The molecule has 4 nitrogen and oxygen atoms in total. The predicted octanol–water partition coefficient (Wildman–Crippen LogP) is 2.38. The fourth-order valence-electron chi connectivity index (χ4n) is 1.07. The van der Waals surface area contributed by atoms with Gasteiger partial charge in [0.15, 0.2) is 0 Å². The van der Waals surface area contributed by atoms with E-state index >= 15 is 0 Å². The summed E-state index contributed by atoms with van der Waals surface area (Å²) in [7, 11) is 0. The number of hydrogen-bond acceptors (Lipinski definition) is 4. The molecular formula is C10H12ClN3OS. The lowest BCUT2D eigenvalue weighted by Gasteiger charge is -2.07. The van der Waals surface area contributed by atoms with Crippen LogP contribution >= 0.6 is 23.1 Å². The van der Waals surface area contributed by atoms with E-state index in [4.69, 9.17) is 16.9 Å². The molecule has 0 radical (unpaired) electrons. The summed E-state index contributed by atoms with van der Waals surface area (Å²) in [6.07, 6.45) is 0.426. The zero-order chi connectivity index (χ0) is 12.1.